The molecule has 1 aliphatic heterocycles. The van der Waals surface area contributed by atoms with Crippen molar-refractivity contribution in [1.82, 2.24) is 18.9 Å². The zero-order chi connectivity index (χ0) is 15.9. The lowest BCUT2D eigenvalue weighted by Gasteiger charge is -2.23. The van der Waals surface area contributed by atoms with E-state index in [1.807, 2.05) is 0 Å². The van der Waals surface area contributed by atoms with Crippen LogP contribution in [0.25, 0.3) is 0 Å². The number of anilines is 1. The number of nitrogens with one attached hydrogen (secondary N) is 1. The summed E-state index contributed by atoms with van der Waals surface area (Å²) in [7, 11) is -3.21. The summed E-state index contributed by atoms with van der Waals surface area (Å²) in [5.74, 6) is -0.293. The molecule has 8 nitrogen and oxygen atoms in total. The molecule has 0 spiro atoms. The van der Waals surface area contributed by atoms with Crippen LogP contribution < -0.4 is 5.32 Å². The van der Waals surface area contributed by atoms with Crippen molar-refractivity contribution >= 4 is 43.9 Å². The molecule has 0 radical (unpaired) electrons. The van der Waals surface area contributed by atoms with Crippen LogP contribution in [0.3, 0.4) is 0 Å². The Morgan fingerprint density at radius 1 is 1.41 bits per heavy atom. The maximum atomic E-state index is 12.1. The number of hydrogen-bond donors (Lipinski definition) is 1. The van der Waals surface area contributed by atoms with Gasteiger partial charge in [0.1, 0.15) is 4.88 Å². The normalized spacial score (nSPS) is 15.5. The zero-order valence-corrected chi connectivity index (χ0v) is 14.3. The Labute approximate surface area is 135 Å². The van der Waals surface area contributed by atoms with Crippen molar-refractivity contribution in [2.45, 2.75) is 19.9 Å². The van der Waals surface area contributed by atoms with Crippen LogP contribution in [0.4, 0.5) is 5.13 Å². The molecule has 1 amide bonds. The van der Waals surface area contributed by atoms with Gasteiger partial charge in [-0.1, -0.05) is 4.49 Å². The SMILES string of the molecule is Cc1nnsc1C(=O)Nc1nc2c(s1)CN(S(C)(=O)=O)CC2. The van der Waals surface area contributed by atoms with E-state index in [9.17, 15) is 13.2 Å². The number of aromatic nitrogens is 3. The quantitative estimate of drug-likeness (QED) is 0.872. The molecular formula is C11H13N5O3S3. The third-order valence-corrected chi connectivity index (χ3v) is 6.32. The summed E-state index contributed by atoms with van der Waals surface area (Å²) in [5, 5.41) is 7.00. The first-order chi connectivity index (χ1) is 10.3. The Kier molecular flexibility index (Phi) is 3.97. The maximum absolute atomic E-state index is 12.1. The number of carbonyl (C=O) groups excluding carboxylic acids is 1. The van der Waals surface area contributed by atoms with Crippen molar-refractivity contribution in [1.29, 1.82) is 0 Å². The van der Waals surface area contributed by atoms with E-state index in [4.69, 9.17) is 0 Å². The third kappa shape index (κ3) is 3.02. The van der Waals surface area contributed by atoms with Crippen molar-refractivity contribution in [2.24, 2.45) is 0 Å². The van der Waals surface area contributed by atoms with Gasteiger partial charge in [-0.2, -0.15) is 4.31 Å². The summed E-state index contributed by atoms with van der Waals surface area (Å²) in [4.78, 5) is 17.8. The Morgan fingerprint density at radius 3 is 2.82 bits per heavy atom. The molecule has 0 fully saturated rings. The highest BCUT2D eigenvalue weighted by molar-refractivity contribution is 7.88. The van der Waals surface area contributed by atoms with E-state index >= 15 is 0 Å². The molecule has 2 aromatic heterocycles. The monoisotopic (exact) mass is 359 g/mol. The van der Waals surface area contributed by atoms with Gasteiger partial charge >= 0.3 is 0 Å². The molecule has 0 aromatic carbocycles. The van der Waals surface area contributed by atoms with Crippen LogP contribution in [0, 0.1) is 6.92 Å². The van der Waals surface area contributed by atoms with Gasteiger partial charge in [-0.15, -0.1) is 16.4 Å². The number of hydrogen-bond acceptors (Lipinski definition) is 8. The minimum absolute atomic E-state index is 0.293. The van der Waals surface area contributed by atoms with Crippen LogP contribution in [0.1, 0.15) is 25.9 Å². The summed E-state index contributed by atoms with van der Waals surface area (Å²) in [6.45, 7) is 2.44. The fraction of sp³-hybridized carbons (Fsp3) is 0.455. The third-order valence-electron chi connectivity index (χ3n) is 3.24. The minimum atomic E-state index is -3.21. The molecule has 22 heavy (non-hydrogen) atoms. The van der Waals surface area contributed by atoms with E-state index in [2.05, 4.69) is 19.9 Å². The lowest BCUT2D eigenvalue weighted by atomic mass is 10.2. The number of aryl methyl sites for hydroxylation is 1. The second-order valence-electron chi connectivity index (χ2n) is 4.88. The number of carbonyl (C=O) groups is 1. The molecule has 118 valence electrons. The second-order valence-corrected chi connectivity index (χ2v) is 8.70. The molecule has 0 aliphatic carbocycles. The number of nitrogens with zero attached hydrogens (tertiary/aromatic N) is 4. The van der Waals surface area contributed by atoms with E-state index < -0.39 is 10.0 Å². The van der Waals surface area contributed by atoms with E-state index in [1.54, 1.807) is 6.92 Å². The molecule has 3 rings (SSSR count). The average Bonchev–Trinajstić information content (AvgIpc) is 3.01. The summed E-state index contributed by atoms with van der Waals surface area (Å²) in [6, 6.07) is 0. The van der Waals surface area contributed by atoms with Crippen molar-refractivity contribution in [2.75, 3.05) is 18.1 Å². The highest BCUT2D eigenvalue weighted by Crippen LogP contribution is 2.29. The number of amides is 1. The molecular weight excluding hydrogens is 346 g/mol. The maximum Gasteiger partial charge on any atom is 0.271 e. The van der Waals surface area contributed by atoms with Crippen molar-refractivity contribution in [3.8, 4) is 0 Å². The Hall–Kier alpha value is -1.43. The standard InChI is InChI=1S/C11H13N5O3S3/c1-6-9(21-15-14-6)10(17)13-11-12-7-3-4-16(22(2,18)19)5-8(7)20-11/h3-5H2,1-2H3,(H,12,13,17). The van der Waals surface area contributed by atoms with Crippen LogP contribution in [-0.2, 0) is 23.0 Å². The van der Waals surface area contributed by atoms with Crippen molar-refractivity contribution in [3.63, 3.8) is 0 Å². The van der Waals surface area contributed by atoms with Crippen LogP contribution in [0.15, 0.2) is 0 Å². The number of thiazole rings is 1. The molecule has 1 N–H and O–H groups in total. The number of fused-ring (bicyclic) bond motifs is 1. The van der Waals surface area contributed by atoms with Gasteiger partial charge in [-0.25, -0.2) is 13.4 Å². The highest BCUT2D eigenvalue weighted by atomic mass is 32.2. The predicted molar refractivity (Wildman–Crippen MR) is 83.7 cm³/mol. The smallest absolute Gasteiger partial charge is 0.271 e. The fourth-order valence-corrected chi connectivity index (χ4v) is 4.54. The lowest BCUT2D eigenvalue weighted by molar-refractivity contribution is 0.103. The van der Waals surface area contributed by atoms with Gasteiger partial charge in [0, 0.05) is 24.4 Å². The zero-order valence-electron chi connectivity index (χ0n) is 11.9. The van der Waals surface area contributed by atoms with E-state index in [0.717, 1.165) is 22.1 Å². The molecule has 3 heterocycles. The summed E-state index contributed by atoms with van der Waals surface area (Å²) in [6.07, 6.45) is 1.75. The van der Waals surface area contributed by atoms with Crippen molar-refractivity contribution in [3.05, 3.63) is 21.1 Å². The van der Waals surface area contributed by atoms with Crippen LogP contribution in [0.5, 0.6) is 0 Å². The van der Waals surface area contributed by atoms with Gasteiger partial charge in [0.05, 0.1) is 17.6 Å². The van der Waals surface area contributed by atoms with Gasteiger partial charge in [0.15, 0.2) is 5.13 Å². The fourth-order valence-electron chi connectivity index (χ4n) is 2.10. The molecule has 0 saturated heterocycles. The average molecular weight is 359 g/mol. The van der Waals surface area contributed by atoms with E-state index in [0.29, 0.717) is 35.2 Å². The van der Waals surface area contributed by atoms with Gasteiger partial charge in [0.25, 0.3) is 5.91 Å². The van der Waals surface area contributed by atoms with Crippen LogP contribution in [-0.4, -0.2) is 46.0 Å². The molecule has 2 aromatic rings. The van der Waals surface area contributed by atoms with Gasteiger partial charge in [-0.05, 0) is 18.5 Å². The van der Waals surface area contributed by atoms with E-state index in [-0.39, 0.29) is 5.91 Å². The molecule has 0 saturated carbocycles. The molecule has 0 bridgehead atoms. The highest BCUT2D eigenvalue weighted by Gasteiger charge is 2.26. The summed E-state index contributed by atoms with van der Waals surface area (Å²) in [5.41, 5.74) is 1.42. The summed E-state index contributed by atoms with van der Waals surface area (Å²) < 4.78 is 28.3. The Bertz CT molecular complexity index is 826. The summed E-state index contributed by atoms with van der Waals surface area (Å²) >= 11 is 2.33. The first-order valence-corrected chi connectivity index (χ1v) is 9.82. The Balaban J connectivity index is 1.77. The number of rotatable bonds is 3. The first kappa shape index (κ1) is 15.5. The molecule has 1 aliphatic rings. The second kappa shape index (κ2) is 5.65. The van der Waals surface area contributed by atoms with E-state index in [1.165, 1.54) is 21.9 Å². The topological polar surface area (TPSA) is 105 Å². The van der Waals surface area contributed by atoms with Gasteiger partial charge in [-0.3, -0.25) is 10.1 Å². The molecule has 0 atom stereocenters. The molecule has 11 heteroatoms. The van der Waals surface area contributed by atoms with Gasteiger partial charge < -0.3 is 0 Å². The van der Waals surface area contributed by atoms with Gasteiger partial charge in [0.2, 0.25) is 10.0 Å². The Morgan fingerprint density at radius 2 is 2.18 bits per heavy atom. The van der Waals surface area contributed by atoms with Crippen LogP contribution >= 0.6 is 22.9 Å². The molecule has 0 unspecified atom stereocenters. The largest absolute Gasteiger partial charge is 0.297 e. The predicted octanol–water partition coefficient (Wildman–Crippen LogP) is 0.873. The minimum Gasteiger partial charge on any atom is -0.297 e. The first-order valence-electron chi connectivity index (χ1n) is 6.38. The van der Waals surface area contributed by atoms with Crippen molar-refractivity contribution < 1.29 is 13.2 Å². The lowest BCUT2D eigenvalue weighted by Crippen LogP contribution is -2.34. The number of sulfonamides is 1. The van der Waals surface area contributed by atoms with Crippen LogP contribution in [0.2, 0.25) is 0 Å².